The number of pyridine rings is 1. The van der Waals surface area contributed by atoms with Crippen molar-refractivity contribution in [2.75, 3.05) is 44.3 Å². The molecule has 2 aromatic carbocycles. The first-order valence-electron chi connectivity index (χ1n) is 15.3. The number of likely N-dealkylation sites (N-methyl/N-ethyl adjacent to an activating group) is 1. The first-order chi connectivity index (χ1) is 21.0. The van der Waals surface area contributed by atoms with E-state index in [2.05, 4.69) is 60.2 Å². The summed E-state index contributed by atoms with van der Waals surface area (Å²) < 4.78 is 11.2. The molecule has 3 N–H and O–H groups in total. The maximum absolute atomic E-state index is 13.8. The molecule has 3 aromatic rings. The molecule has 0 radical (unpaired) electrons. The van der Waals surface area contributed by atoms with Crippen molar-refractivity contribution < 1.29 is 19.1 Å². The van der Waals surface area contributed by atoms with E-state index in [-0.39, 0.29) is 24.0 Å². The number of nitrogens with two attached hydrogens (primary N) is 1. The lowest BCUT2D eigenvalue weighted by molar-refractivity contribution is -0.137. The van der Waals surface area contributed by atoms with Gasteiger partial charge >= 0.3 is 0 Å². The first-order valence-corrected chi connectivity index (χ1v) is 15.3. The van der Waals surface area contributed by atoms with Crippen LogP contribution in [-0.4, -0.2) is 66.1 Å². The van der Waals surface area contributed by atoms with Crippen LogP contribution < -0.4 is 15.8 Å². The summed E-state index contributed by atoms with van der Waals surface area (Å²) in [5, 5.41) is 3.34. The summed E-state index contributed by atoms with van der Waals surface area (Å²) in [5.41, 5.74) is 14.3. The number of hydrogen-bond donors (Lipinski definition) is 2. The van der Waals surface area contributed by atoms with E-state index in [0.717, 1.165) is 59.9 Å². The number of anilines is 2. The van der Waals surface area contributed by atoms with E-state index in [1.165, 1.54) is 11.1 Å². The minimum Gasteiger partial charge on any atom is -0.486 e. The summed E-state index contributed by atoms with van der Waals surface area (Å²) in [6.45, 7) is 16.2. The van der Waals surface area contributed by atoms with E-state index in [1.807, 2.05) is 39.1 Å². The quantitative estimate of drug-likeness (QED) is 0.164. The van der Waals surface area contributed by atoms with Gasteiger partial charge in [-0.05, 0) is 74.6 Å². The van der Waals surface area contributed by atoms with E-state index in [0.29, 0.717) is 18.7 Å². The minimum atomic E-state index is -0.404. The molecule has 236 valence electrons. The smallest absolute Gasteiger partial charge is 0.293 e. The Kier molecular flexibility index (Phi) is 10.5. The van der Waals surface area contributed by atoms with Crippen LogP contribution in [0.3, 0.4) is 0 Å². The van der Waals surface area contributed by atoms with E-state index in [9.17, 15) is 9.59 Å². The Bertz CT molecular complexity index is 1470. The Morgan fingerprint density at radius 1 is 1.25 bits per heavy atom. The molecule has 2 atom stereocenters. The number of carbonyl (C=O) groups is 2. The number of nitrogens with zero attached hydrogens (tertiary/aromatic N) is 3. The molecule has 1 amide bonds. The zero-order valence-corrected chi connectivity index (χ0v) is 27.1. The standard InChI is InChI=1S/C35H47N5O4/c1-8-38-30-12-11-29(24(3)33(30)36)32(25(4)34(42)39(7)15-16-43-22-41)26-10-9-23(2)27(17-26)19-40-20-28-18-37-14-13-31(28)44-35(5,6)21-40/h9-14,17-18,22,25,32,38H,8,15-16,19-21,36H2,1-7H3. The van der Waals surface area contributed by atoms with E-state index in [1.54, 1.807) is 18.1 Å². The van der Waals surface area contributed by atoms with Crippen molar-refractivity contribution in [1.82, 2.24) is 14.8 Å². The van der Waals surface area contributed by atoms with Crippen molar-refractivity contribution >= 4 is 23.8 Å². The predicted octanol–water partition coefficient (Wildman–Crippen LogP) is 5.29. The Morgan fingerprint density at radius 2 is 2.02 bits per heavy atom. The Labute approximate surface area is 261 Å². The summed E-state index contributed by atoms with van der Waals surface area (Å²) in [5.74, 6) is 0.194. The molecule has 0 bridgehead atoms. The van der Waals surface area contributed by atoms with Crippen LogP contribution in [0.15, 0.2) is 48.8 Å². The molecule has 9 heteroatoms. The summed E-state index contributed by atoms with van der Waals surface area (Å²) >= 11 is 0. The zero-order valence-electron chi connectivity index (χ0n) is 27.1. The number of aromatic nitrogens is 1. The predicted molar refractivity (Wildman–Crippen MR) is 175 cm³/mol. The highest BCUT2D eigenvalue weighted by Gasteiger charge is 2.33. The van der Waals surface area contributed by atoms with Gasteiger partial charge in [-0.3, -0.25) is 19.5 Å². The fraction of sp³-hybridized carbons (Fsp3) is 0.457. The molecule has 9 nitrogen and oxygen atoms in total. The number of carbonyl (C=O) groups excluding carboxylic acids is 2. The lowest BCUT2D eigenvalue weighted by atomic mass is 9.78. The molecule has 44 heavy (non-hydrogen) atoms. The third-order valence-corrected chi connectivity index (χ3v) is 8.51. The van der Waals surface area contributed by atoms with Gasteiger partial charge in [0.2, 0.25) is 5.91 Å². The normalized spacial score (nSPS) is 15.7. The fourth-order valence-corrected chi connectivity index (χ4v) is 6.21. The summed E-state index contributed by atoms with van der Waals surface area (Å²) in [6, 6.07) is 12.6. The van der Waals surface area contributed by atoms with Gasteiger partial charge in [0.05, 0.1) is 17.9 Å². The molecule has 0 aliphatic carbocycles. The van der Waals surface area contributed by atoms with E-state index in [4.69, 9.17) is 15.2 Å². The fourth-order valence-electron chi connectivity index (χ4n) is 6.21. The van der Waals surface area contributed by atoms with Crippen LogP contribution in [0.25, 0.3) is 0 Å². The summed E-state index contributed by atoms with van der Waals surface area (Å²) in [6.07, 6.45) is 3.66. The highest BCUT2D eigenvalue weighted by atomic mass is 16.5. The van der Waals surface area contributed by atoms with Gasteiger partial charge < -0.3 is 25.4 Å². The van der Waals surface area contributed by atoms with Crippen molar-refractivity contribution in [3.63, 3.8) is 0 Å². The molecular formula is C35H47N5O4. The molecule has 1 aromatic heterocycles. The largest absolute Gasteiger partial charge is 0.486 e. The number of aryl methyl sites for hydroxylation is 1. The van der Waals surface area contributed by atoms with Crippen molar-refractivity contribution in [2.24, 2.45) is 5.92 Å². The lowest BCUT2D eigenvalue weighted by Gasteiger charge is -2.32. The first kappa shape index (κ1) is 32.8. The Balaban J connectivity index is 1.73. The number of fused-ring (bicyclic) bond motifs is 1. The van der Waals surface area contributed by atoms with Crippen molar-refractivity contribution in [1.29, 1.82) is 0 Å². The number of hydrogen-bond acceptors (Lipinski definition) is 8. The topological polar surface area (TPSA) is 110 Å². The molecule has 0 fully saturated rings. The van der Waals surface area contributed by atoms with E-state index >= 15 is 0 Å². The maximum Gasteiger partial charge on any atom is 0.293 e. The number of nitrogens with one attached hydrogen (secondary N) is 1. The second kappa shape index (κ2) is 14.1. The van der Waals surface area contributed by atoms with Gasteiger partial charge in [0.1, 0.15) is 18.0 Å². The van der Waals surface area contributed by atoms with Crippen molar-refractivity contribution in [3.8, 4) is 5.75 Å². The minimum absolute atomic E-state index is 0.0316. The average Bonchev–Trinajstić information content (AvgIpc) is 3.11. The average molecular weight is 602 g/mol. The number of ether oxygens (including phenoxy) is 2. The molecule has 2 unspecified atom stereocenters. The Morgan fingerprint density at radius 3 is 2.75 bits per heavy atom. The number of rotatable bonds is 12. The van der Waals surface area contributed by atoms with Crippen LogP contribution in [0.2, 0.25) is 0 Å². The highest BCUT2D eigenvalue weighted by Crippen LogP contribution is 2.40. The summed E-state index contributed by atoms with van der Waals surface area (Å²) in [4.78, 5) is 32.8. The van der Waals surface area contributed by atoms with Crippen LogP contribution in [0.5, 0.6) is 5.75 Å². The molecule has 1 aliphatic heterocycles. The van der Waals surface area contributed by atoms with Gasteiger partial charge in [-0.25, -0.2) is 0 Å². The molecular weight excluding hydrogens is 554 g/mol. The molecule has 0 spiro atoms. The zero-order chi connectivity index (χ0) is 32.0. The third-order valence-electron chi connectivity index (χ3n) is 8.51. The van der Waals surface area contributed by atoms with Crippen LogP contribution in [0, 0.1) is 19.8 Å². The van der Waals surface area contributed by atoms with Crippen LogP contribution >= 0.6 is 0 Å². The molecule has 1 aliphatic rings. The number of nitrogen functional groups attached to an aromatic ring is 1. The highest BCUT2D eigenvalue weighted by molar-refractivity contribution is 5.81. The SMILES string of the molecule is CCNc1ccc(C(c2ccc(C)c(CN3Cc4cnccc4OC(C)(C)C3)c2)C(C)C(=O)N(C)CCOC=O)c(C)c1N. The van der Waals surface area contributed by atoms with Gasteiger partial charge in [-0.1, -0.05) is 31.2 Å². The van der Waals surface area contributed by atoms with Crippen LogP contribution in [0.4, 0.5) is 11.4 Å². The molecule has 0 saturated heterocycles. The summed E-state index contributed by atoms with van der Waals surface area (Å²) in [7, 11) is 1.75. The number of benzene rings is 2. The van der Waals surface area contributed by atoms with Gasteiger partial charge in [0, 0.05) is 63.0 Å². The van der Waals surface area contributed by atoms with E-state index < -0.39 is 5.92 Å². The van der Waals surface area contributed by atoms with Crippen molar-refractivity contribution in [2.45, 2.75) is 66.2 Å². The van der Waals surface area contributed by atoms with Crippen molar-refractivity contribution in [3.05, 3.63) is 82.2 Å². The molecule has 2 heterocycles. The van der Waals surface area contributed by atoms with Gasteiger partial charge in [-0.15, -0.1) is 0 Å². The second-order valence-electron chi connectivity index (χ2n) is 12.4. The third kappa shape index (κ3) is 7.50. The second-order valence-corrected chi connectivity index (χ2v) is 12.4. The van der Waals surface area contributed by atoms with Gasteiger partial charge in [0.25, 0.3) is 6.47 Å². The van der Waals surface area contributed by atoms with Crippen LogP contribution in [0.1, 0.15) is 67.0 Å². The maximum atomic E-state index is 13.8. The van der Waals surface area contributed by atoms with Gasteiger partial charge in [0.15, 0.2) is 0 Å². The monoisotopic (exact) mass is 601 g/mol. The molecule has 4 rings (SSSR count). The molecule has 0 saturated carbocycles. The van der Waals surface area contributed by atoms with Gasteiger partial charge in [-0.2, -0.15) is 0 Å². The Hall–Kier alpha value is -4.11. The lowest BCUT2D eigenvalue weighted by Crippen LogP contribution is -2.40. The van der Waals surface area contributed by atoms with Crippen LogP contribution in [-0.2, 0) is 27.4 Å². The number of amides is 1.